The molecule has 0 saturated carbocycles. The summed E-state index contributed by atoms with van der Waals surface area (Å²) in [7, 11) is -1.29. The van der Waals surface area contributed by atoms with E-state index in [0.717, 1.165) is 0 Å². The molecule has 1 unspecified atom stereocenters. The zero-order valence-electron chi connectivity index (χ0n) is 11.0. The number of nitrogens with zero attached hydrogens (tertiary/aromatic N) is 3. The van der Waals surface area contributed by atoms with E-state index in [1.807, 2.05) is 0 Å². The molecule has 2 aromatic heterocycles. The van der Waals surface area contributed by atoms with Crippen molar-refractivity contribution in [2.24, 2.45) is 0 Å². The normalized spacial score (nSPS) is 12.3. The second kappa shape index (κ2) is 5.53. The fourth-order valence-corrected chi connectivity index (χ4v) is 2.36. The molecule has 5 nitrogen and oxygen atoms in total. The highest BCUT2D eigenvalue weighted by molar-refractivity contribution is 7.84. The molecule has 0 aliphatic rings. The maximum atomic E-state index is 13.6. The minimum Gasteiger partial charge on any atom is -0.334 e. The van der Waals surface area contributed by atoms with E-state index in [2.05, 4.69) is 15.1 Å². The van der Waals surface area contributed by atoms with Gasteiger partial charge in [0.25, 0.3) is 5.89 Å². The van der Waals surface area contributed by atoms with E-state index in [4.69, 9.17) is 4.52 Å². The van der Waals surface area contributed by atoms with E-state index in [1.54, 1.807) is 30.5 Å². The summed E-state index contributed by atoms with van der Waals surface area (Å²) in [5.41, 5.74) is 0.943. The number of aromatic nitrogens is 3. The van der Waals surface area contributed by atoms with Gasteiger partial charge in [-0.3, -0.25) is 9.19 Å². The van der Waals surface area contributed by atoms with E-state index in [0.29, 0.717) is 22.0 Å². The van der Waals surface area contributed by atoms with Gasteiger partial charge in [0, 0.05) is 33.7 Å². The Balaban J connectivity index is 2.02. The van der Waals surface area contributed by atoms with E-state index in [1.165, 1.54) is 18.4 Å². The molecule has 0 fully saturated rings. The molecule has 2 heterocycles. The highest BCUT2D eigenvalue weighted by Gasteiger charge is 2.13. The van der Waals surface area contributed by atoms with Gasteiger partial charge >= 0.3 is 0 Å². The van der Waals surface area contributed by atoms with Crippen molar-refractivity contribution in [1.82, 2.24) is 15.1 Å². The molecular weight excluding hydrogens is 293 g/mol. The molecule has 0 aliphatic heterocycles. The highest BCUT2D eigenvalue weighted by Crippen LogP contribution is 2.24. The van der Waals surface area contributed by atoms with Crippen LogP contribution in [0.15, 0.2) is 52.0 Å². The molecule has 1 aromatic carbocycles. The zero-order valence-corrected chi connectivity index (χ0v) is 11.8. The Morgan fingerprint density at radius 2 is 2.10 bits per heavy atom. The fourth-order valence-electron chi connectivity index (χ4n) is 1.79. The first-order valence-corrected chi connectivity index (χ1v) is 7.59. The minimum atomic E-state index is -1.29. The molecule has 106 valence electrons. The Labute approximate surface area is 122 Å². The standard InChI is InChI=1S/C14H10FN3O2S/c1-21(19)11-7-9(6-10(15)8-11)14-17-13(18-20-14)12-4-2-3-5-16-12/h2-8H,1H3. The van der Waals surface area contributed by atoms with Crippen LogP contribution in [-0.2, 0) is 10.8 Å². The molecule has 0 radical (unpaired) electrons. The van der Waals surface area contributed by atoms with Crippen molar-refractivity contribution in [2.75, 3.05) is 6.26 Å². The molecule has 0 amide bonds. The lowest BCUT2D eigenvalue weighted by molar-refractivity contribution is 0.431. The number of hydrogen-bond acceptors (Lipinski definition) is 5. The Kier molecular flexibility index (Phi) is 3.57. The van der Waals surface area contributed by atoms with E-state index < -0.39 is 16.6 Å². The van der Waals surface area contributed by atoms with Gasteiger partial charge in [0.15, 0.2) is 0 Å². The van der Waals surface area contributed by atoms with Crippen molar-refractivity contribution in [3.8, 4) is 23.0 Å². The van der Waals surface area contributed by atoms with Crippen LogP contribution in [0.4, 0.5) is 4.39 Å². The molecule has 3 rings (SSSR count). The summed E-state index contributed by atoms with van der Waals surface area (Å²) < 4.78 is 30.2. The molecule has 21 heavy (non-hydrogen) atoms. The Bertz CT molecular complexity index is 805. The van der Waals surface area contributed by atoms with Crippen molar-refractivity contribution in [3.05, 3.63) is 48.4 Å². The third-order valence-corrected chi connectivity index (χ3v) is 3.67. The summed E-state index contributed by atoms with van der Waals surface area (Å²) >= 11 is 0. The average molecular weight is 303 g/mol. The van der Waals surface area contributed by atoms with Gasteiger partial charge in [0.2, 0.25) is 5.82 Å². The van der Waals surface area contributed by atoms with Gasteiger partial charge in [0.05, 0.1) is 0 Å². The minimum absolute atomic E-state index is 0.154. The smallest absolute Gasteiger partial charge is 0.258 e. The lowest BCUT2D eigenvalue weighted by Gasteiger charge is -2.00. The third kappa shape index (κ3) is 2.87. The number of halogens is 1. The van der Waals surface area contributed by atoms with E-state index >= 15 is 0 Å². The van der Waals surface area contributed by atoms with Crippen LogP contribution in [0.25, 0.3) is 23.0 Å². The van der Waals surface area contributed by atoms with Crippen LogP contribution in [0.1, 0.15) is 0 Å². The van der Waals surface area contributed by atoms with Gasteiger partial charge in [-0.1, -0.05) is 11.2 Å². The summed E-state index contributed by atoms with van der Waals surface area (Å²) in [4.78, 5) is 8.66. The number of rotatable bonds is 3. The molecule has 0 N–H and O–H groups in total. The van der Waals surface area contributed by atoms with Crippen molar-refractivity contribution in [2.45, 2.75) is 4.90 Å². The summed E-state index contributed by atoms with van der Waals surface area (Å²) in [6, 6.07) is 9.36. The van der Waals surface area contributed by atoms with Crippen molar-refractivity contribution >= 4 is 10.8 Å². The molecule has 0 bridgehead atoms. The fraction of sp³-hybridized carbons (Fsp3) is 0.0714. The lowest BCUT2D eigenvalue weighted by atomic mass is 10.2. The summed E-state index contributed by atoms with van der Waals surface area (Å²) in [5, 5.41) is 3.82. The largest absolute Gasteiger partial charge is 0.334 e. The van der Waals surface area contributed by atoms with E-state index in [-0.39, 0.29) is 5.89 Å². The Hall–Kier alpha value is -2.41. The molecule has 1 atom stereocenters. The lowest BCUT2D eigenvalue weighted by Crippen LogP contribution is -1.91. The predicted molar refractivity (Wildman–Crippen MR) is 75.3 cm³/mol. The van der Waals surface area contributed by atoms with Crippen molar-refractivity contribution < 1.29 is 13.1 Å². The predicted octanol–water partition coefficient (Wildman–Crippen LogP) is 2.68. The maximum absolute atomic E-state index is 13.6. The molecule has 0 aliphatic carbocycles. The summed E-state index contributed by atoms with van der Waals surface area (Å²) in [6.07, 6.45) is 3.09. The quantitative estimate of drug-likeness (QED) is 0.744. The molecule has 0 saturated heterocycles. The Morgan fingerprint density at radius 3 is 2.81 bits per heavy atom. The molecule has 7 heteroatoms. The van der Waals surface area contributed by atoms with E-state index in [9.17, 15) is 8.60 Å². The third-order valence-electron chi connectivity index (χ3n) is 2.77. The van der Waals surface area contributed by atoms with Crippen molar-refractivity contribution in [3.63, 3.8) is 0 Å². The molecule has 0 spiro atoms. The van der Waals surface area contributed by atoms with Gasteiger partial charge in [0.1, 0.15) is 11.5 Å². The van der Waals surface area contributed by atoms with Crippen molar-refractivity contribution in [1.29, 1.82) is 0 Å². The maximum Gasteiger partial charge on any atom is 0.258 e. The highest BCUT2D eigenvalue weighted by atomic mass is 32.2. The first-order chi connectivity index (χ1) is 10.1. The SMILES string of the molecule is CS(=O)c1cc(F)cc(-c2nc(-c3ccccn3)no2)c1. The van der Waals surface area contributed by atoms with Gasteiger partial charge in [-0.25, -0.2) is 4.39 Å². The molecule has 3 aromatic rings. The van der Waals surface area contributed by atoms with Gasteiger partial charge in [-0.2, -0.15) is 4.98 Å². The first kappa shape index (κ1) is 13.6. The van der Waals surface area contributed by atoms with Gasteiger partial charge < -0.3 is 4.52 Å². The van der Waals surface area contributed by atoms with Gasteiger partial charge in [-0.05, 0) is 30.3 Å². The number of hydrogen-bond donors (Lipinski definition) is 0. The monoisotopic (exact) mass is 303 g/mol. The second-order valence-corrected chi connectivity index (χ2v) is 5.65. The van der Waals surface area contributed by atoms with Crippen LogP contribution in [0.2, 0.25) is 0 Å². The zero-order chi connectivity index (χ0) is 14.8. The average Bonchev–Trinajstić information content (AvgIpc) is 2.97. The summed E-state index contributed by atoms with van der Waals surface area (Å²) in [5.74, 6) is -0.0360. The van der Waals surface area contributed by atoms with Crippen LogP contribution in [0.3, 0.4) is 0 Å². The first-order valence-electron chi connectivity index (χ1n) is 6.03. The summed E-state index contributed by atoms with van der Waals surface area (Å²) in [6.45, 7) is 0. The second-order valence-electron chi connectivity index (χ2n) is 4.27. The van der Waals surface area contributed by atoms with Crippen LogP contribution in [-0.4, -0.2) is 25.6 Å². The molecular formula is C14H10FN3O2S. The topological polar surface area (TPSA) is 68.9 Å². The van der Waals surface area contributed by atoms with Crippen LogP contribution in [0.5, 0.6) is 0 Å². The van der Waals surface area contributed by atoms with Crippen LogP contribution in [0, 0.1) is 5.82 Å². The van der Waals surface area contributed by atoms with Gasteiger partial charge in [-0.15, -0.1) is 0 Å². The number of benzene rings is 1. The van der Waals surface area contributed by atoms with Crippen LogP contribution < -0.4 is 0 Å². The number of pyridine rings is 1. The Morgan fingerprint density at radius 1 is 1.24 bits per heavy atom. The van der Waals surface area contributed by atoms with Crippen LogP contribution >= 0.6 is 0 Å².